The summed E-state index contributed by atoms with van der Waals surface area (Å²) in [5.74, 6) is 2.90. The predicted molar refractivity (Wildman–Crippen MR) is 110 cm³/mol. The molecular formula is C21H35N3O3. The van der Waals surface area contributed by atoms with Gasteiger partial charge in [-0.05, 0) is 56.2 Å². The third-order valence-corrected chi connectivity index (χ3v) is 5.32. The van der Waals surface area contributed by atoms with Gasteiger partial charge in [-0.25, -0.2) is 0 Å². The number of hydrogen-bond donors (Lipinski definition) is 3. The zero-order valence-corrected chi connectivity index (χ0v) is 17.1. The number of nitrogens with one attached hydrogen (secondary N) is 2. The van der Waals surface area contributed by atoms with Gasteiger partial charge in [-0.3, -0.25) is 4.99 Å². The number of benzene rings is 1. The van der Waals surface area contributed by atoms with E-state index in [1.165, 1.54) is 32.1 Å². The van der Waals surface area contributed by atoms with E-state index in [2.05, 4.69) is 29.5 Å². The average Bonchev–Trinajstić information content (AvgIpc) is 2.71. The van der Waals surface area contributed by atoms with E-state index in [1.54, 1.807) is 26.4 Å². The molecule has 1 fully saturated rings. The van der Waals surface area contributed by atoms with E-state index in [0.29, 0.717) is 17.5 Å². The molecule has 1 aromatic carbocycles. The molecule has 1 atom stereocenters. The van der Waals surface area contributed by atoms with Crippen LogP contribution >= 0.6 is 0 Å². The van der Waals surface area contributed by atoms with Crippen LogP contribution in [-0.2, 0) is 0 Å². The summed E-state index contributed by atoms with van der Waals surface area (Å²) in [5, 5.41) is 17.4. The van der Waals surface area contributed by atoms with Crippen LogP contribution in [0.4, 0.5) is 0 Å². The van der Waals surface area contributed by atoms with Crippen LogP contribution in [-0.4, -0.2) is 44.4 Å². The molecule has 1 aliphatic rings. The van der Waals surface area contributed by atoms with E-state index in [4.69, 9.17) is 9.47 Å². The van der Waals surface area contributed by atoms with Gasteiger partial charge in [0, 0.05) is 12.6 Å². The van der Waals surface area contributed by atoms with Crippen molar-refractivity contribution in [2.75, 3.05) is 27.3 Å². The Morgan fingerprint density at radius 1 is 1.15 bits per heavy atom. The lowest BCUT2D eigenvalue weighted by Crippen LogP contribution is -2.45. The molecule has 0 aliphatic heterocycles. The Morgan fingerprint density at radius 2 is 1.85 bits per heavy atom. The molecule has 0 radical (unpaired) electrons. The Hall–Kier alpha value is -1.95. The van der Waals surface area contributed by atoms with Crippen molar-refractivity contribution in [1.29, 1.82) is 0 Å². The number of ether oxygens (including phenoxy) is 2. The van der Waals surface area contributed by atoms with Crippen LogP contribution in [0.5, 0.6) is 11.5 Å². The second-order valence-corrected chi connectivity index (χ2v) is 7.12. The summed E-state index contributed by atoms with van der Waals surface area (Å²) in [6.45, 7) is 5.41. The van der Waals surface area contributed by atoms with Gasteiger partial charge in [0.15, 0.2) is 17.5 Å². The molecule has 152 valence electrons. The van der Waals surface area contributed by atoms with Crippen molar-refractivity contribution in [2.45, 2.75) is 58.1 Å². The largest absolute Gasteiger partial charge is 0.493 e. The number of rotatable bonds is 8. The molecule has 1 saturated carbocycles. The fourth-order valence-electron chi connectivity index (χ4n) is 3.57. The average molecular weight is 378 g/mol. The van der Waals surface area contributed by atoms with Gasteiger partial charge >= 0.3 is 0 Å². The topological polar surface area (TPSA) is 75.1 Å². The third kappa shape index (κ3) is 6.31. The van der Waals surface area contributed by atoms with Crippen LogP contribution in [0.3, 0.4) is 0 Å². The van der Waals surface area contributed by atoms with Gasteiger partial charge < -0.3 is 25.2 Å². The van der Waals surface area contributed by atoms with Crippen molar-refractivity contribution in [1.82, 2.24) is 10.6 Å². The van der Waals surface area contributed by atoms with Crippen molar-refractivity contribution in [3.05, 3.63) is 23.8 Å². The second kappa shape index (κ2) is 11.0. The number of nitrogens with zero attached hydrogens (tertiary/aromatic N) is 1. The van der Waals surface area contributed by atoms with Crippen molar-refractivity contribution in [2.24, 2.45) is 10.9 Å². The Morgan fingerprint density at radius 3 is 2.44 bits per heavy atom. The Kier molecular flexibility index (Phi) is 8.72. The van der Waals surface area contributed by atoms with E-state index in [0.717, 1.165) is 24.0 Å². The molecule has 2 rings (SSSR count). The molecule has 6 heteroatoms. The Labute approximate surface area is 163 Å². The molecule has 3 N–H and O–H groups in total. The highest BCUT2D eigenvalue weighted by Crippen LogP contribution is 2.30. The summed E-state index contributed by atoms with van der Waals surface area (Å²) in [7, 11) is 3.19. The molecular weight excluding hydrogens is 342 g/mol. The first-order valence-corrected chi connectivity index (χ1v) is 10.1. The van der Waals surface area contributed by atoms with Gasteiger partial charge in [0.2, 0.25) is 0 Å². The summed E-state index contributed by atoms with van der Waals surface area (Å²) in [6.07, 6.45) is 5.50. The summed E-state index contributed by atoms with van der Waals surface area (Å²) >= 11 is 0. The number of hydrogen-bond acceptors (Lipinski definition) is 4. The minimum absolute atomic E-state index is 0.287. The quantitative estimate of drug-likeness (QED) is 0.479. The van der Waals surface area contributed by atoms with Crippen LogP contribution in [0.15, 0.2) is 23.2 Å². The van der Waals surface area contributed by atoms with Gasteiger partial charge in [-0.2, -0.15) is 0 Å². The first-order valence-electron chi connectivity index (χ1n) is 10.1. The van der Waals surface area contributed by atoms with E-state index in [-0.39, 0.29) is 6.54 Å². The predicted octanol–water partition coefficient (Wildman–Crippen LogP) is 3.26. The first-order chi connectivity index (χ1) is 13.1. The lowest BCUT2D eigenvalue weighted by molar-refractivity contribution is 0.186. The molecule has 1 unspecified atom stereocenters. The minimum Gasteiger partial charge on any atom is -0.493 e. The third-order valence-electron chi connectivity index (χ3n) is 5.32. The molecule has 0 bridgehead atoms. The highest BCUT2D eigenvalue weighted by Gasteiger charge is 2.20. The maximum atomic E-state index is 10.5. The van der Waals surface area contributed by atoms with Gasteiger partial charge in [-0.15, -0.1) is 0 Å². The molecule has 1 aromatic rings. The van der Waals surface area contributed by atoms with Gasteiger partial charge in [-0.1, -0.05) is 19.4 Å². The maximum absolute atomic E-state index is 10.5. The molecule has 27 heavy (non-hydrogen) atoms. The fourth-order valence-corrected chi connectivity index (χ4v) is 3.57. The summed E-state index contributed by atoms with van der Waals surface area (Å²) in [6, 6.07) is 5.90. The first kappa shape index (κ1) is 21.4. The van der Waals surface area contributed by atoms with E-state index in [1.807, 2.05) is 6.07 Å². The SMILES string of the molecule is CCNC(=NCC(O)c1ccc(OC)c(OC)c1)NC1CCC(CC)CC1. The van der Waals surface area contributed by atoms with Crippen molar-refractivity contribution in [3.8, 4) is 11.5 Å². The highest BCUT2D eigenvalue weighted by molar-refractivity contribution is 5.80. The van der Waals surface area contributed by atoms with Crippen molar-refractivity contribution >= 4 is 5.96 Å². The van der Waals surface area contributed by atoms with Gasteiger partial charge in [0.05, 0.1) is 26.9 Å². The number of methoxy groups -OCH3 is 2. The van der Waals surface area contributed by atoms with E-state index >= 15 is 0 Å². The van der Waals surface area contributed by atoms with Crippen LogP contribution < -0.4 is 20.1 Å². The van der Waals surface area contributed by atoms with E-state index in [9.17, 15) is 5.11 Å². The minimum atomic E-state index is -0.698. The smallest absolute Gasteiger partial charge is 0.191 e. The molecule has 0 saturated heterocycles. The maximum Gasteiger partial charge on any atom is 0.191 e. The van der Waals surface area contributed by atoms with E-state index < -0.39 is 6.10 Å². The van der Waals surface area contributed by atoms with Crippen LogP contribution in [0.2, 0.25) is 0 Å². The van der Waals surface area contributed by atoms with Crippen LogP contribution in [0.25, 0.3) is 0 Å². The molecule has 0 amide bonds. The van der Waals surface area contributed by atoms with Gasteiger partial charge in [0.1, 0.15) is 0 Å². The molecule has 0 spiro atoms. The number of aliphatic hydroxyl groups is 1. The lowest BCUT2D eigenvalue weighted by atomic mass is 9.84. The Bertz CT molecular complexity index is 598. The normalized spacial score (nSPS) is 21.4. The summed E-state index contributed by atoms with van der Waals surface area (Å²) in [5.41, 5.74) is 0.760. The number of guanidine groups is 1. The van der Waals surface area contributed by atoms with Crippen molar-refractivity contribution < 1.29 is 14.6 Å². The van der Waals surface area contributed by atoms with Gasteiger partial charge in [0.25, 0.3) is 0 Å². The molecule has 6 nitrogen and oxygen atoms in total. The van der Waals surface area contributed by atoms with Crippen molar-refractivity contribution in [3.63, 3.8) is 0 Å². The van der Waals surface area contributed by atoms with Crippen LogP contribution in [0.1, 0.15) is 57.6 Å². The molecule has 0 aromatic heterocycles. The summed E-state index contributed by atoms with van der Waals surface area (Å²) < 4.78 is 10.6. The number of aliphatic imine (C=N–C) groups is 1. The Balaban J connectivity index is 1.97. The molecule has 0 heterocycles. The summed E-state index contributed by atoms with van der Waals surface area (Å²) in [4.78, 5) is 4.59. The zero-order valence-electron chi connectivity index (χ0n) is 17.1. The fraction of sp³-hybridized carbons (Fsp3) is 0.667. The number of aliphatic hydroxyl groups excluding tert-OH is 1. The molecule has 1 aliphatic carbocycles. The highest BCUT2D eigenvalue weighted by atomic mass is 16.5. The standard InChI is InChI=1S/C21H35N3O3/c1-5-15-7-10-17(11-8-15)24-21(22-6-2)23-14-18(25)16-9-12-19(26-3)20(13-16)27-4/h9,12-13,15,17-18,25H,5-8,10-11,14H2,1-4H3,(H2,22,23,24). The zero-order chi connectivity index (χ0) is 19.6. The monoisotopic (exact) mass is 377 g/mol. The van der Waals surface area contributed by atoms with Crippen LogP contribution in [0, 0.1) is 5.92 Å². The lowest BCUT2D eigenvalue weighted by Gasteiger charge is -2.29. The second-order valence-electron chi connectivity index (χ2n) is 7.12.